The third-order valence-electron chi connectivity index (χ3n) is 2.33. The van der Waals surface area contributed by atoms with E-state index in [2.05, 4.69) is 20.9 Å². The molecule has 2 aromatic rings. The summed E-state index contributed by atoms with van der Waals surface area (Å²) in [5.41, 5.74) is -0.296. The van der Waals surface area contributed by atoms with Crippen molar-refractivity contribution in [1.82, 2.24) is 4.98 Å². The van der Waals surface area contributed by atoms with Gasteiger partial charge in [-0.3, -0.25) is 15.1 Å². The van der Waals surface area contributed by atoms with E-state index in [4.69, 9.17) is 9.84 Å². The molecular formula is C12H7BrN2O5. The maximum absolute atomic E-state index is 10.9. The van der Waals surface area contributed by atoms with Gasteiger partial charge in [0.1, 0.15) is 11.9 Å². The molecule has 20 heavy (non-hydrogen) atoms. The van der Waals surface area contributed by atoms with Crippen molar-refractivity contribution in [3.05, 3.63) is 56.8 Å². The van der Waals surface area contributed by atoms with E-state index >= 15 is 0 Å². The van der Waals surface area contributed by atoms with Crippen LogP contribution in [0.3, 0.4) is 0 Å². The first-order chi connectivity index (χ1) is 9.49. The number of hydrogen-bond acceptors (Lipinski definition) is 5. The summed E-state index contributed by atoms with van der Waals surface area (Å²) in [6.45, 7) is 0. The number of aromatic nitrogens is 1. The van der Waals surface area contributed by atoms with Gasteiger partial charge in [0.25, 0.3) is 0 Å². The van der Waals surface area contributed by atoms with Crippen LogP contribution < -0.4 is 4.74 Å². The van der Waals surface area contributed by atoms with Crippen molar-refractivity contribution in [2.75, 3.05) is 0 Å². The fraction of sp³-hybridized carbons (Fsp3) is 0. The molecule has 0 radical (unpaired) electrons. The van der Waals surface area contributed by atoms with Crippen molar-refractivity contribution < 1.29 is 19.6 Å². The zero-order chi connectivity index (χ0) is 14.7. The number of hydrogen-bond donors (Lipinski definition) is 1. The number of carboxylic acids is 1. The van der Waals surface area contributed by atoms with Crippen LogP contribution in [0.5, 0.6) is 11.5 Å². The van der Waals surface area contributed by atoms with Crippen molar-refractivity contribution in [2.45, 2.75) is 0 Å². The Morgan fingerprint density at radius 2 is 2.15 bits per heavy atom. The fourth-order valence-corrected chi connectivity index (χ4v) is 1.86. The predicted molar refractivity (Wildman–Crippen MR) is 72.1 cm³/mol. The van der Waals surface area contributed by atoms with Crippen molar-refractivity contribution in [1.29, 1.82) is 0 Å². The second-order valence-electron chi connectivity index (χ2n) is 3.66. The van der Waals surface area contributed by atoms with Crippen LogP contribution >= 0.6 is 15.9 Å². The number of carbonyl (C=O) groups is 1. The molecule has 0 fully saturated rings. The molecule has 7 nitrogen and oxygen atoms in total. The number of halogens is 1. The van der Waals surface area contributed by atoms with E-state index < -0.39 is 10.9 Å². The average molecular weight is 339 g/mol. The monoisotopic (exact) mass is 338 g/mol. The summed E-state index contributed by atoms with van der Waals surface area (Å²) in [5.74, 6) is -0.966. The van der Waals surface area contributed by atoms with E-state index in [0.29, 0.717) is 4.47 Å². The van der Waals surface area contributed by atoms with Gasteiger partial charge >= 0.3 is 11.7 Å². The van der Waals surface area contributed by atoms with Crippen LogP contribution in [0.4, 0.5) is 5.69 Å². The fourth-order valence-electron chi connectivity index (χ4n) is 1.45. The highest BCUT2D eigenvalue weighted by Gasteiger charge is 2.20. The summed E-state index contributed by atoms with van der Waals surface area (Å²) in [4.78, 5) is 24.8. The van der Waals surface area contributed by atoms with Gasteiger partial charge in [0.05, 0.1) is 15.0 Å². The number of rotatable bonds is 4. The lowest BCUT2D eigenvalue weighted by Crippen LogP contribution is -1.98. The standard InChI is InChI=1S/C12H7BrN2O5/c13-9-5-14-6-10(15(18)19)11(9)20-8-3-1-2-7(4-8)12(16)17/h1-6H,(H,16,17). The highest BCUT2D eigenvalue weighted by atomic mass is 79.9. The minimum Gasteiger partial charge on any atom is -0.478 e. The highest BCUT2D eigenvalue weighted by Crippen LogP contribution is 2.37. The Kier molecular flexibility index (Phi) is 3.94. The number of nitrogens with zero attached hydrogens (tertiary/aromatic N) is 2. The molecule has 102 valence electrons. The maximum Gasteiger partial charge on any atom is 0.335 e. The van der Waals surface area contributed by atoms with Crippen molar-refractivity contribution >= 4 is 27.6 Å². The number of carboxylic acid groups (broad SMARTS) is 1. The molecule has 0 atom stereocenters. The van der Waals surface area contributed by atoms with E-state index in [-0.39, 0.29) is 22.7 Å². The first-order valence-corrected chi connectivity index (χ1v) is 6.07. The van der Waals surface area contributed by atoms with Gasteiger partial charge in [-0.15, -0.1) is 0 Å². The third-order valence-corrected chi connectivity index (χ3v) is 2.90. The normalized spacial score (nSPS) is 10.1. The summed E-state index contributed by atoms with van der Waals surface area (Å²) >= 11 is 3.11. The Hall–Kier alpha value is -2.48. The van der Waals surface area contributed by atoms with Gasteiger partial charge < -0.3 is 9.84 Å². The van der Waals surface area contributed by atoms with Crippen molar-refractivity contribution in [3.8, 4) is 11.5 Å². The van der Waals surface area contributed by atoms with Crippen LogP contribution in [0, 0.1) is 10.1 Å². The molecule has 1 aromatic heterocycles. The van der Waals surface area contributed by atoms with Gasteiger partial charge in [-0.1, -0.05) is 6.07 Å². The van der Waals surface area contributed by atoms with Gasteiger partial charge in [0.2, 0.25) is 5.75 Å². The van der Waals surface area contributed by atoms with Crippen LogP contribution in [-0.4, -0.2) is 21.0 Å². The van der Waals surface area contributed by atoms with E-state index in [1.807, 2.05) is 0 Å². The minimum absolute atomic E-state index is 0.0235. The Bertz CT molecular complexity index is 689. The maximum atomic E-state index is 10.9. The molecule has 8 heteroatoms. The van der Waals surface area contributed by atoms with Gasteiger partial charge in [-0.2, -0.15) is 0 Å². The van der Waals surface area contributed by atoms with Gasteiger partial charge in [0, 0.05) is 6.20 Å². The second-order valence-corrected chi connectivity index (χ2v) is 4.52. The highest BCUT2D eigenvalue weighted by molar-refractivity contribution is 9.10. The van der Waals surface area contributed by atoms with E-state index in [1.54, 1.807) is 0 Å². The second kappa shape index (κ2) is 5.66. The number of benzene rings is 1. The number of pyridine rings is 1. The van der Waals surface area contributed by atoms with Crippen LogP contribution in [0.1, 0.15) is 10.4 Å². The van der Waals surface area contributed by atoms with Crippen LogP contribution in [0.15, 0.2) is 41.1 Å². The Labute approximate surface area is 121 Å². The van der Waals surface area contributed by atoms with Gasteiger partial charge in [-0.05, 0) is 34.1 Å². The third kappa shape index (κ3) is 2.91. The molecule has 2 rings (SSSR count). The summed E-state index contributed by atoms with van der Waals surface area (Å²) in [7, 11) is 0. The summed E-state index contributed by atoms with van der Waals surface area (Å²) < 4.78 is 5.70. The van der Waals surface area contributed by atoms with E-state index in [1.165, 1.54) is 30.5 Å². The van der Waals surface area contributed by atoms with Crippen molar-refractivity contribution in [3.63, 3.8) is 0 Å². The molecule has 0 amide bonds. The first kappa shape index (κ1) is 13.9. The lowest BCUT2D eigenvalue weighted by Gasteiger charge is -2.08. The predicted octanol–water partition coefficient (Wildman–Crippen LogP) is 3.24. The quantitative estimate of drug-likeness (QED) is 0.678. The first-order valence-electron chi connectivity index (χ1n) is 5.28. The zero-order valence-corrected chi connectivity index (χ0v) is 11.4. The average Bonchev–Trinajstić information content (AvgIpc) is 2.41. The van der Waals surface area contributed by atoms with Gasteiger partial charge in [-0.25, -0.2) is 4.79 Å². The Morgan fingerprint density at radius 1 is 1.40 bits per heavy atom. The molecule has 0 aliphatic rings. The molecular weight excluding hydrogens is 332 g/mol. The molecule has 0 aliphatic heterocycles. The van der Waals surface area contributed by atoms with Crippen molar-refractivity contribution in [2.24, 2.45) is 0 Å². The van der Waals surface area contributed by atoms with E-state index in [9.17, 15) is 14.9 Å². The largest absolute Gasteiger partial charge is 0.478 e. The molecule has 1 heterocycles. The lowest BCUT2D eigenvalue weighted by atomic mass is 10.2. The minimum atomic E-state index is -1.11. The van der Waals surface area contributed by atoms with Gasteiger partial charge in [0.15, 0.2) is 0 Å². The Morgan fingerprint density at radius 3 is 2.80 bits per heavy atom. The number of nitro groups is 1. The van der Waals surface area contributed by atoms with Crippen LogP contribution in [-0.2, 0) is 0 Å². The molecule has 0 unspecified atom stereocenters. The molecule has 0 saturated heterocycles. The Balaban J connectivity index is 2.42. The molecule has 1 N–H and O–H groups in total. The lowest BCUT2D eigenvalue weighted by molar-refractivity contribution is -0.386. The van der Waals surface area contributed by atoms with E-state index in [0.717, 1.165) is 6.20 Å². The molecule has 0 spiro atoms. The number of ether oxygens (including phenoxy) is 1. The molecule has 0 aliphatic carbocycles. The molecule has 0 bridgehead atoms. The summed E-state index contributed by atoms with van der Waals surface area (Å²) in [5, 5.41) is 19.8. The summed E-state index contributed by atoms with van der Waals surface area (Å²) in [6, 6.07) is 5.66. The number of aromatic carboxylic acids is 1. The molecule has 0 saturated carbocycles. The van der Waals surface area contributed by atoms with Crippen LogP contribution in [0.25, 0.3) is 0 Å². The summed E-state index contributed by atoms with van der Waals surface area (Å²) in [6.07, 6.45) is 2.41. The smallest absolute Gasteiger partial charge is 0.335 e. The SMILES string of the molecule is O=C(O)c1cccc(Oc2c(Br)cncc2[N+](=O)[O-])c1. The topological polar surface area (TPSA) is 103 Å². The molecule has 1 aromatic carbocycles. The zero-order valence-electron chi connectivity index (χ0n) is 9.82. The van der Waals surface area contributed by atoms with Crippen LogP contribution in [0.2, 0.25) is 0 Å².